The highest BCUT2D eigenvalue weighted by atomic mass is 35.5. The van der Waals surface area contributed by atoms with Crippen LogP contribution in [0.25, 0.3) is 0 Å². The van der Waals surface area contributed by atoms with Gasteiger partial charge in [-0.15, -0.1) is 0 Å². The summed E-state index contributed by atoms with van der Waals surface area (Å²) in [6, 6.07) is 4.64. The lowest BCUT2D eigenvalue weighted by Crippen LogP contribution is -2.40. The average molecular weight is 435 g/mol. The van der Waals surface area contributed by atoms with Crippen molar-refractivity contribution in [1.82, 2.24) is 0 Å². The lowest BCUT2D eigenvalue weighted by Gasteiger charge is -2.33. The van der Waals surface area contributed by atoms with E-state index < -0.39 is 26.8 Å². The molecule has 6 nitrogen and oxygen atoms in total. The zero-order chi connectivity index (χ0) is 19.7. The third-order valence-electron chi connectivity index (χ3n) is 4.57. The Hall–Kier alpha value is -1.12. The van der Waals surface area contributed by atoms with E-state index in [2.05, 4.69) is 0 Å². The predicted octanol–water partition coefficient (Wildman–Crippen LogP) is 3.30. The summed E-state index contributed by atoms with van der Waals surface area (Å²) >= 11 is 12.0. The van der Waals surface area contributed by atoms with Gasteiger partial charge in [0.1, 0.15) is 0 Å². The molecule has 0 N–H and O–H groups in total. The van der Waals surface area contributed by atoms with Gasteiger partial charge in [-0.1, -0.05) is 29.3 Å². The zero-order valence-electron chi connectivity index (χ0n) is 14.7. The molecule has 9 heteroatoms. The SMILES string of the molecule is CCOC(=O)C1=CC2(CCC1S(=O)(=O)Cc1ccc(Cl)cc1Cl)OCCO2. The molecule has 0 saturated carbocycles. The summed E-state index contributed by atoms with van der Waals surface area (Å²) < 4.78 is 42.5. The number of rotatable bonds is 5. The number of benzene rings is 1. The van der Waals surface area contributed by atoms with Crippen LogP contribution in [-0.4, -0.2) is 45.2 Å². The maximum Gasteiger partial charge on any atom is 0.335 e. The van der Waals surface area contributed by atoms with E-state index in [1.165, 1.54) is 12.1 Å². The van der Waals surface area contributed by atoms with Crippen LogP contribution in [0.2, 0.25) is 10.0 Å². The normalized spacial score (nSPS) is 21.9. The van der Waals surface area contributed by atoms with E-state index in [1.807, 2.05) is 0 Å². The summed E-state index contributed by atoms with van der Waals surface area (Å²) in [4.78, 5) is 12.4. The number of sulfone groups is 1. The van der Waals surface area contributed by atoms with Crippen molar-refractivity contribution in [3.8, 4) is 0 Å². The van der Waals surface area contributed by atoms with Crippen LogP contribution in [0.1, 0.15) is 25.3 Å². The van der Waals surface area contributed by atoms with E-state index in [0.717, 1.165) is 0 Å². The zero-order valence-corrected chi connectivity index (χ0v) is 17.1. The van der Waals surface area contributed by atoms with Crippen LogP contribution >= 0.6 is 23.2 Å². The largest absolute Gasteiger partial charge is 0.463 e. The monoisotopic (exact) mass is 434 g/mol. The Bertz CT molecular complexity index is 859. The van der Waals surface area contributed by atoms with Gasteiger partial charge in [0, 0.05) is 16.5 Å². The van der Waals surface area contributed by atoms with Crippen molar-refractivity contribution in [1.29, 1.82) is 0 Å². The van der Waals surface area contributed by atoms with Crippen LogP contribution in [0.5, 0.6) is 0 Å². The van der Waals surface area contributed by atoms with E-state index in [-0.39, 0.29) is 29.4 Å². The fraction of sp³-hybridized carbons (Fsp3) is 0.500. The van der Waals surface area contributed by atoms with Crippen molar-refractivity contribution in [2.75, 3.05) is 19.8 Å². The van der Waals surface area contributed by atoms with Crippen molar-refractivity contribution in [3.63, 3.8) is 0 Å². The third kappa shape index (κ3) is 4.49. The molecule has 1 spiro atoms. The lowest BCUT2D eigenvalue weighted by atomic mass is 9.94. The molecule has 1 aliphatic heterocycles. The van der Waals surface area contributed by atoms with Gasteiger partial charge in [0.2, 0.25) is 0 Å². The minimum Gasteiger partial charge on any atom is -0.463 e. The van der Waals surface area contributed by atoms with Gasteiger partial charge in [0.15, 0.2) is 15.6 Å². The van der Waals surface area contributed by atoms with Crippen LogP contribution in [-0.2, 0) is 34.6 Å². The Balaban J connectivity index is 1.93. The van der Waals surface area contributed by atoms with Crippen molar-refractivity contribution < 1.29 is 27.4 Å². The predicted molar refractivity (Wildman–Crippen MR) is 101 cm³/mol. The molecule has 1 heterocycles. The van der Waals surface area contributed by atoms with Crippen LogP contribution in [0.15, 0.2) is 29.8 Å². The molecule has 3 rings (SSSR count). The third-order valence-corrected chi connectivity index (χ3v) is 7.23. The molecule has 1 aromatic rings. The number of ether oxygens (including phenoxy) is 3. The molecular weight excluding hydrogens is 415 g/mol. The Morgan fingerprint density at radius 3 is 2.63 bits per heavy atom. The molecule has 1 aliphatic carbocycles. The summed E-state index contributed by atoms with van der Waals surface area (Å²) in [5.74, 6) is -2.03. The molecule has 1 atom stereocenters. The van der Waals surface area contributed by atoms with Gasteiger partial charge in [-0.05, 0) is 37.1 Å². The quantitative estimate of drug-likeness (QED) is 0.661. The first-order valence-corrected chi connectivity index (χ1v) is 11.1. The Morgan fingerprint density at radius 2 is 2.00 bits per heavy atom. The molecule has 0 bridgehead atoms. The first-order valence-electron chi connectivity index (χ1n) is 8.59. The van der Waals surface area contributed by atoms with Gasteiger partial charge in [-0.25, -0.2) is 13.2 Å². The van der Waals surface area contributed by atoms with Gasteiger partial charge in [-0.2, -0.15) is 0 Å². The number of carbonyl (C=O) groups is 1. The molecule has 148 valence electrons. The van der Waals surface area contributed by atoms with Crippen molar-refractivity contribution in [2.24, 2.45) is 0 Å². The summed E-state index contributed by atoms with van der Waals surface area (Å²) in [7, 11) is -3.74. The summed E-state index contributed by atoms with van der Waals surface area (Å²) in [6.45, 7) is 2.59. The van der Waals surface area contributed by atoms with Crippen LogP contribution in [0.4, 0.5) is 0 Å². The second-order valence-corrected chi connectivity index (χ2v) is 9.43. The Morgan fingerprint density at radius 1 is 1.30 bits per heavy atom. The summed E-state index contributed by atoms with van der Waals surface area (Å²) in [6.07, 6.45) is 2.00. The topological polar surface area (TPSA) is 78.9 Å². The van der Waals surface area contributed by atoms with E-state index >= 15 is 0 Å². The Kier molecular flexibility index (Phi) is 6.17. The fourth-order valence-electron chi connectivity index (χ4n) is 3.32. The summed E-state index contributed by atoms with van der Waals surface area (Å²) in [5, 5.41) is -0.326. The first-order chi connectivity index (χ1) is 12.8. The highest BCUT2D eigenvalue weighted by Gasteiger charge is 2.46. The van der Waals surface area contributed by atoms with E-state index in [0.29, 0.717) is 30.2 Å². The molecule has 0 amide bonds. The smallest absolute Gasteiger partial charge is 0.335 e. The fourth-order valence-corrected chi connectivity index (χ4v) is 5.79. The van der Waals surface area contributed by atoms with E-state index in [4.69, 9.17) is 37.4 Å². The van der Waals surface area contributed by atoms with E-state index in [9.17, 15) is 13.2 Å². The van der Waals surface area contributed by atoms with Crippen LogP contribution in [0, 0.1) is 0 Å². The molecule has 0 radical (unpaired) electrons. The highest BCUT2D eigenvalue weighted by Crippen LogP contribution is 2.38. The van der Waals surface area contributed by atoms with E-state index in [1.54, 1.807) is 19.1 Å². The van der Waals surface area contributed by atoms with Gasteiger partial charge in [0.25, 0.3) is 0 Å². The molecule has 27 heavy (non-hydrogen) atoms. The minimum atomic E-state index is -3.74. The van der Waals surface area contributed by atoms with Crippen LogP contribution in [0.3, 0.4) is 0 Å². The van der Waals surface area contributed by atoms with Crippen LogP contribution < -0.4 is 0 Å². The molecular formula is C18H20Cl2O6S. The maximum absolute atomic E-state index is 13.1. The molecule has 1 fully saturated rings. The standard InChI is InChI=1S/C18H20Cl2O6S/c1-2-24-17(21)14-10-18(25-7-8-26-18)6-5-16(14)27(22,23)11-12-3-4-13(19)9-15(12)20/h3-4,9-10,16H,2,5-8,11H2,1H3. The molecule has 0 aromatic heterocycles. The number of carbonyl (C=O) groups excluding carboxylic acids is 1. The Labute approximate surface area is 168 Å². The second kappa shape index (κ2) is 8.09. The average Bonchev–Trinajstić information content (AvgIpc) is 3.05. The minimum absolute atomic E-state index is 0.0510. The molecule has 1 unspecified atom stereocenters. The molecule has 1 aromatic carbocycles. The highest BCUT2D eigenvalue weighted by molar-refractivity contribution is 7.91. The van der Waals surface area contributed by atoms with Gasteiger partial charge in [-0.3, -0.25) is 0 Å². The van der Waals surface area contributed by atoms with Gasteiger partial charge in [0.05, 0.1) is 36.4 Å². The maximum atomic E-state index is 13.1. The lowest BCUT2D eigenvalue weighted by molar-refractivity contribution is -0.143. The number of halogens is 2. The number of hydrogen-bond acceptors (Lipinski definition) is 6. The van der Waals surface area contributed by atoms with Gasteiger partial charge < -0.3 is 14.2 Å². The second-order valence-electron chi connectivity index (χ2n) is 6.40. The first kappa shape index (κ1) is 20.6. The molecule has 2 aliphatic rings. The summed E-state index contributed by atoms with van der Waals surface area (Å²) in [5.41, 5.74) is 0.480. The molecule has 1 saturated heterocycles. The van der Waals surface area contributed by atoms with Crippen molar-refractivity contribution >= 4 is 39.0 Å². The number of hydrogen-bond donors (Lipinski definition) is 0. The van der Waals surface area contributed by atoms with Crippen molar-refractivity contribution in [3.05, 3.63) is 45.5 Å². The van der Waals surface area contributed by atoms with Crippen molar-refractivity contribution in [2.45, 2.75) is 36.6 Å². The van der Waals surface area contributed by atoms with Gasteiger partial charge >= 0.3 is 5.97 Å². The number of esters is 1.